The van der Waals surface area contributed by atoms with Crippen LogP contribution in [-0.2, 0) is 0 Å². The number of hydrogen-bond acceptors (Lipinski definition) is 8. The van der Waals surface area contributed by atoms with E-state index in [1.54, 1.807) is 31.8 Å². The van der Waals surface area contributed by atoms with Crippen LogP contribution in [-0.4, -0.2) is 41.2 Å². The normalized spacial score (nSPS) is 15.4. The number of nitrogens with zero attached hydrogens (tertiary/aromatic N) is 4. The highest BCUT2D eigenvalue weighted by Gasteiger charge is 2.17. The van der Waals surface area contributed by atoms with Crippen molar-refractivity contribution in [2.24, 2.45) is 0 Å². The number of nitrogens with one attached hydrogen (secondary N) is 2. The minimum Gasteiger partial charge on any atom is -0.497 e. The molecule has 1 aliphatic rings. The Morgan fingerprint density at radius 2 is 2.03 bits per heavy atom. The number of nitriles is 1. The summed E-state index contributed by atoms with van der Waals surface area (Å²) >= 11 is 0. The number of anilines is 1. The van der Waals surface area contributed by atoms with Crippen molar-refractivity contribution in [3.05, 3.63) is 54.5 Å². The van der Waals surface area contributed by atoms with Gasteiger partial charge in [0.2, 0.25) is 5.88 Å². The number of methoxy groups -OCH3 is 1. The molecule has 0 amide bonds. The Balaban J connectivity index is 1.65. The van der Waals surface area contributed by atoms with E-state index in [0.717, 1.165) is 25.3 Å². The van der Waals surface area contributed by atoms with E-state index >= 15 is 0 Å². The first kappa shape index (κ1) is 19.6. The van der Waals surface area contributed by atoms with Crippen molar-refractivity contribution in [1.82, 2.24) is 20.3 Å². The minimum atomic E-state index is 0.382. The van der Waals surface area contributed by atoms with Gasteiger partial charge in [0, 0.05) is 25.0 Å². The maximum atomic E-state index is 9.40. The highest BCUT2D eigenvalue weighted by molar-refractivity contribution is 5.65. The lowest BCUT2D eigenvalue weighted by Crippen LogP contribution is -2.29. The molecular formula is C22H22N6O2. The molecular weight excluding hydrogens is 380 g/mol. The third-order valence-electron chi connectivity index (χ3n) is 4.91. The molecule has 0 aliphatic carbocycles. The van der Waals surface area contributed by atoms with Gasteiger partial charge in [0.1, 0.15) is 23.3 Å². The van der Waals surface area contributed by atoms with E-state index in [0.29, 0.717) is 40.3 Å². The van der Waals surface area contributed by atoms with Crippen LogP contribution in [0, 0.1) is 11.3 Å². The predicted molar refractivity (Wildman–Crippen MR) is 113 cm³/mol. The maximum absolute atomic E-state index is 9.40. The molecule has 2 aromatic heterocycles. The van der Waals surface area contributed by atoms with Crippen LogP contribution in [0.1, 0.15) is 18.4 Å². The minimum absolute atomic E-state index is 0.382. The Morgan fingerprint density at radius 1 is 1.20 bits per heavy atom. The number of benzene rings is 1. The Hall–Kier alpha value is -3.70. The zero-order chi connectivity index (χ0) is 20.8. The molecule has 1 aromatic carbocycles. The fraction of sp³-hybridized carbons (Fsp3) is 0.273. The van der Waals surface area contributed by atoms with Crippen molar-refractivity contribution in [3.8, 4) is 34.8 Å². The van der Waals surface area contributed by atoms with Gasteiger partial charge in [-0.3, -0.25) is 4.98 Å². The second-order valence-electron chi connectivity index (χ2n) is 6.90. The molecule has 8 nitrogen and oxygen atoms in total. The van der Waals surface area contributed by atoms with Gasteiger partial charge in [-0.1, -0.05) is 0 Å². The Kier molecular flexibility index (Phi) is 6.01. The van der Waals surface area contributed by atoms with Gasteiger partial charge in [0.05, 0.1) is 24.4 Å². The molecule has 152 valence electrons. The van der Waals surface area contributed by atoms with Gasteiger partial charge >= 0.3 is 0 Å². The van der Waals surface area contributed by atoms with Gasteiger partial charge in [0.25, 0.3) is 0 Å². The van der Waals surface area contributed by atoms with E-state index in [-0.39, 0.29) is 0 Å². The van der Waals surface area contributed by atoms with Gasteiger partial charge in [-0.15, -0.1) is 0 Å². The van der Waals surface area contributed by atoms with Crippen molar-refractivity contribution in [1.29, 1.82) is 5.26 Å². The van der Waals surface area contributed by atoms with Crippen LogP contribution in [0.25, 0.3) is 11.4 Å². The van der Waals surface area contributed by atoms with Crippen LogP contribution in [0.2, 0.25) is 0 Å². The first-order chi connectivity index (χ1) is 14.8. The molecule has 30 heavy (non-hydrogen) atoms. The SMILES string of the molecule is COc1ccc(Oc2nc(-c3cnccc3C#N)ncc2NC[C@@H]2CCCN2)cc1. The summed E-state index contributed by atoms with van der Waals surface area (Å²) in [6.45, 7) is 1.78. The van der Waals surface area contributed by atoms with Gasteiger partial charge < -0.3 is 20.1 Å². The van der Waals surface area contributed by atoms with Crippen molar-refractivity contribution >= 4 is 5.69 Å². The zero-order valence-corrected chi connectivity index (χ0v) is 16.6. The summed E-state index contributed by atoms with van der Waals surface area (Å²) in [5, 5.41) is 16.2. The van der Waals surface area contributed by atoms with Crippen LogP contribution in [0.5, 0.6) is 17.4 Å². The highest BCUT2D eigenvalue weighted by atomic mass is 16.5. The first-order valence-corrected chi connectivity index (χ1v) is 9.77. The monoisotopic (exact) mass is 402 g/mol. The molecule has 3 heterocycles. The van der Waals surface area contributed by atoms with Gasteiger partial charge in [-0.05, 0) is 49.7 Å². The molecule has 0 unspecified atom stereocenters. The summed E-state index contributed by atoms with van der Waals surface area (Å²) in [5.74, 6) is 2.13. The largest absolute Gasteiger partial charge is 0.497 e. The Labute approximate surface area is 174 Å². The topological polar surface area (TPSA) is 105 Å². The summed E-state index contributed by atoms with van der Waals surface area (Å²) in [6.07, 6.45) is 7.14. The molecule has 0 radical (unpaired) electrons. The molecule has 1 saturated heterocycles. The number of ether oxygens (including phenoxy) is 2. The molecule has 0 saturated carbocycles. The summed E-state index contributed by atoms with van der Waals surface area (Å²) in [7, 11) is 1.62. The molecule has 2 N–H and O–H groups in total. The zero-order valence-electron chi connectivity index (χ0n) is 16.6. The summed E-state index contributed by atoms with van der Waals surface area (Å²) < 4.78 is 11.3. The summed E-state index contributed by atoms with van der Waals surface area (Å²) in [5.41, 5.74) is 1.70. The first-order valence-electron chi connectivity index (χ1n) is 9.77. The van der Waals surface area contributed by atoms with Crippen LogP contribution >= 0.6 is 0 Å². The van der Waals surface area contributed by atoms with Gasteiger partial charge in [-0.2, -0.15) is 10.2 Å². The van der Waals surface area contributed by atoms with Crippen molar-refractivity contribution in [3.63, 3.8) is 0 Å². The second-order valence-corrected chi connectivity index (χ2v) is 6.90. The van der Waals surface area contributed by atoms with E-state index in [9.17, 15) is 5.26 Å². The van der Waals surface area contributed by atoms with E-state index < -0.39 is 0 Å². The van der Waals surface area contributed by atoms with Crippen LogP contribution < -0.4 is 20.1 Å². The lowest BCUT2D eigenvalue weighted by atomic mass is 10.1. The quantitative estimate of drug-likeness (QED) is 0.620. The maximum Gasteiger partial charge on any atom is 0.246 e. The lowest BCUT2D eigenvalue weighted by Gasteiger charge is -2.16. The number of pyridine rings is 1. The van der Waals surface area contributed by atoms with Crippen molar-refractivity contribution < 1.29 is 9.47 Å². The van der Waals surface area contributed by atoms with E-state index in [1.807, 2.05) is 24.3 Å². The summed E-state index contributed by atoms with van der Waals surface area (Å²) in [6, 6.07) is 11.5. The van der Waals surface area contributed by atoms with Crippen molar-refractivity contribution in [2.45, 2.75) is 18.9 Å². The molecule has 1 fully saturated rings. The average Bonchev–Trinajstić information content (AvgIpc) is 3.32. The molecule has 4 rings (SSSR count). The predicted octanol–water partition coefficient (Wildman–Crippen LogP) is 3.38. The Bertz CT molecular complexity index is 1040. The van der Waals surface area contributed by atoms with Crippen molar-refractivity contribution in [2.75, 3.05) is 25.5 Å². The van der Waals surface area contributed by atoms with E-state index in [2.05, 4.69) is 31.7 Å². The fourth-order valence-corrected chi connectivity index (χ4v) is 3.28. The van der Waals surface area contributed by atoms with E-state index in [4.69, 9.17) is 9.47 Å². The molecule has 1 aliphatic heterocycles. The molecule has 3 aromatic rings. The standard InChI is InChI=1S/C22H22N6O2/c1-29-17-4-6-18(7-5-17)30-22-20(26-12-16-3-2-9-25-16)14-27-21(28-22)19-13-24-10-8-15(19)11-23/h4-8,10,13-14,16,25-26H,2-3,9,12H2,1H3/t16-/m0/s1. The van der Waals surface area contributed by atoms with Crippen LogP contribution in [0.3, 0.4) is 0 Å². The van der Waals surface area contributed by atoms with Gasteiger partial charge in [0.15, 0.2) is 5.82 Å². The molecule has 0 bridgehead atoms. The number of rotatable bonds is 7. The van der Waals surface area contributed by atoms with Crippen LogP contribution in [0.4, 0.5) is 5.69 Å². The second kappa shape index (κ2) is 9.20. The van der Waals surface area contributed by atoms with Gasteiger partial charge in [-0.25, -0.2) is 4.98 Å². The molecule has 8 heteroatoms. The fourth-order valence-electron chi connectivity index (χ4n) is 3.28. The third-order valence-corrected chi connectivity index (χ3v) is 4.91. The Morgan fingerprint density at radius 3 is 2.77 bits per heavy atom. The highest BCUT2D eigenvalue weighted by Crippen LogP contribution is 2.31. The van der Waals surface area contributed by atoms with Crippen LogP contribution in [0.15, 0.2) is 48.9 Å². The summed E-state index contributed by atoms with van der Waals surface area (Å²) in [4.78, 5) is 13.1. The average molecular weight is 402 g/mol. The smallest absolute Gasteiger partial charge is 0.246 e. The van der Waals surface area contributed by atoms with E-state index in [1.165, 1.54) is 6.42 Å². The third kappa shape index (κ3) is 4.47. The number of hydrogen-bond donors (Lipinski definition) is 2. The molecule has 0 spiro atoms. The molecule has 1 atom stereocenters. The lowest BCUT2D eigenvalue weighted by molar-refractivity contribution is 0.412. The number of aromatic nitrogens is 3.